The Morgan fingerprint density at radius 3 is 2.09 bits per heavy atom. The Morgan fingerprint density at radius 2 is 1.61 bits per heavy atom. The summed E-state index contributed by atoms with van der Waals surface area (Å²) in [7, 11) is 0. The highest BCUT2D eigenvalue weighted by Crippen LogP contribution is 2.29. The fourth-order valence-electron chi connectivity index (χ4n) is 2.68. The second-order valence-corrected chi connectivity index (χ2v) is 8.95. The van der Waals surface area contributed by atoms with Crippen molar-refractivity contribution >= 4 is 5.97 Å². The van der Waals surface area contributed by atoms with Crippen LogP contribution < -0.4 is 0 Å². The summed E-state index contributed by atoms with van der Waals surface area (Å²) in [6.07, 6.45) is 5.96. The smallest absolute Gasteiger partial charge is 0.269 e. The molecule has 0 rings (SSSR count). The van der Waals surface area contributed by atoms with Gasteiger partial charge in [0, 0.05) is 0 Å². The van der Waals surface area contributed by atoms with E-state index in [4.69, 9.17) is 9.78 Å². The van der Waals surface area contributed by atoms with Gasteiger partial charge < -0.3 is 0 Å². The maximum Gasteiger partial charge on any atom is 0.348 e. The summed E-state index contributed by atoms with van der Waals surface area (Å²) >= 11 is 0. The number of unbranched alkanes of at least 4 members (excludes halogenated alkanes) is 1. The van der Waals surface area contributed by atoms with Gasteiger partial charge in [0.05, 0.1) is 11.5 Å². The number of hydrogen-bond donors (Lipinski definition) is 0. The summed E-state index contributed by atoms with van der Waals surface area (Å²) < 4.78 is 0. The van der Waals surface area contributed by atoms with Crippen LogP contribution in [-0.4, -0.2) is 11.6 Å². The Kier molecular flexibility index (Phi) is 10.0. The zero-order valence-corrected chi connectivity index (χ0v) is 16.5. The summed E-state index contributed by atoms with van der Waals surface area (Å²) in [5.41, 5.74) is -0.178. The van der Waals surface area contributed by atoms with E-state index in [0.717, 1.165) is 38.5 Å². The molecule has 0 heterocycles. The Hall–Kier alpha value is -0.610. The first-order valence-corrected chi connectivity index (χ1v) is 9.01. The van der Waals surface area contributed by atoms with Crippen LogP contribution in [0.4, 0.5) is 0 Å². The van der Waals surface area contributed by atoms with Gasteiger partial charge in [0.25, 0.3) is 0 Å². The minimum atomic E-state index is -0.500. The van der Waals surface area contributed by atoms with Gasteiger partial charge in [-0.15, -0.1) is 0 Å². The van der Waals surface area contributed by atoms with E-state index < -0.39 is 5.60 Å². The van der Waals surface area contributed by atoms with Gasteiger partial charge in [-0.3, -0.25) is 4.89 Å². The number of hydrogen-bond acceptors (Lipinski definition) is 4. The Balaban J connectivity index is 4.36. The minimum absolute atomic E-state index is 0.110. The van der Waals surface area contributed by atoms with Crippen molar-refractivity contribution in [2.24, 2.45) is 17.3 Å². The second-order valence-electron chi connectivity index (χ2n) is 8.95. The van der Waals surface area contributed by atoms with Gasteiger partial charge in [0.2, 0.25) is 0 Å². The first-order chi connectivity index (χ1) is 10.4. The summed E-state index contributed by atoms with van der Waals surface area (Å²) in [4.78, 5) is 22.1. The Bertz CT molecular complexity index is 325. The van der Waals surface area contributed by atoms with Crippen molar-refractivity contribution in [1.82, 2.24) is 0 Å². The van der Waals surface area contributed by atoms with E-state index in [1.54, 1.807) is 0 Å². The average molecular weight is 331 g/mol. The van der Waals surface area contributed by atoms with E-state index in [-0.39, 0.29) is 11.9 Å². The van der Waals surface area contributed by atoms with Crippen LogP contribution in [0.25, 0.3) is 0 Å². The standard InChI is InChI=1S/C19H38O4/c1-9-10-11-16(13-12-15(2)14-18(3,4)5)17(20)21-23-22-19(6,7)8/h15-16H,9-14H2,1-8H3. The number of rotatable bonds is 10. The molecule has 0 N–H and O–H groups in total. The van der Waals surface area contributed by atoms with Gasteiger partial charge in [-0.2, -0.15) is 4.89 Å². The number of carbonyl (C=O) groups is 1. The molecule has 23 heavy (non-hydrogen) atoms. The van der Waals surface area contributed by atoms with Crippen molar-refractivity contribution in [1.29, 1.82) is 0 Å². The molecule has 0 radical (unpaired) electrons. The first kappa shape index (κ1) is 22.4. The molecule has 2 unspecified atom stereocenters. The molecule has 0 amide bonds. The quantitative estimate of drug-likeness (QED) is 0.372. The third-order valence-corrected chi connectivity index (χ3v) is 3.61. The molecule has 0 saturated carbocycles. The summed E-state index contributed by atoms with van der Waals surface area (Å²) in [6, 6.07) is 0. The van der Waals surface area contributed by atoms with Gasteiger partial charge in [0.1, 0.15) is 0 Å². The lowest BCUT2D eigenvalue weighted by Gasteiger charge is -2.24. The van der Waals surface area contributed by atoms with Crippen LogP contribution in [0.5, 0.6) is 0 Å². The SMILES string of the molecule is CCCCC(CCC(C)CC(C)(C)C)C(=O)OOOC(C)(C)C. The van der Waals surface area contributed by atoms with Crippen molar-refractivity contribution in [2.75, 3.05) is 0 Å². The highest BCUT2D eigenvalue weighted by atomic mass is 17.5. The molecule has 2 atom stereocenters. The zero-order valence-electron chi connectivity index (χ0n) is 16.5. The highest BCUT2D eigenvalue weighted by molar-refractivity contribution is 5.71. The minimum Gasteiger partial charge on any atom is -0.269 e. The lowest BCUT2D eigenvalue weighted by Crippen LogP contribution is -2.24. The Labute approximate surface area is 143 Å². The summed E-state index contributed by atoms with van der Waals surface area (Å²) in [5.74, 6) is 0.172. The van der Waals surface area contributed by atoms with Crippen molar-refractivity contribution in [3.8, 4) is 0 Å². The first-order valence-electron chi connectivity index (χ1n) is 9.01. The van der Waals surface area contributed by atoms with Gasteiger partial charge >= 0.3 is 5.97 Å². The molecule has 0 bridgehead atoms. The van der Waals surface area contributed by atoms with Gasteiger partial charge in [0.15, 0.2) is 0 Å². The second kappa shape index (κ2) is 10.3. The fraction of sp³-hybridized carbons (Fsp3) is 0.947. The van der Waals surface area contributed by atoms with E-state index in [9.17, 15) is 4.79 Å². The fourth-order valence-corrected chi connectivity index (χ4v) is 2.68. The molecule has 0 aromatic rings. The largest absolute Gasteiger partial charge is 0.348 e. The topological polar surface area (TPSA) is 44.8 Å². The van der Waals surface area contributed by atoms with Crippen molar-refractivity contribution in [2.45, 2.75) is 99.5 Å². The van der Waals surface area contributed by atoms with Crippen LogP contribution in [0.3, 0.4) is 0 Å². The monoisotopic (exact) mass is 330 g/mol. The third-order valence-electron chi connectivity index (χ3n) is 3.61. The molecule has 0 aliphatic heterocycles. The van der Waals surface area contributed by atoms with Crippen molar-refractivity contribution < 1.29 is 19.6 Å². The van der Waals surface area contributed by atoms with Crippen LogP contribution in [0.15, 0.2) is 0 Å². The van der Waals surface area contributed by atoms with E-state index in [0.29, 0.717) is 11.3 Å². The lowest BCUT2D eigenvalue weighted by atomic mass is 9.82. The number of carbonyl (C=O) groups excluding carboxylic acids is 1. The molecule has 0 aliphatic carbocycles. The van der Waals surface area contributed by atoms with Crippen LogP contribution in [0.2, 0.25) is 0 Å². The average Bonchev–Trinajstić information content (AvgIpc) is 2.35. The molecular weight excluding hydrogens is 292 g/mol. The predicted molar refractivity (Wildman–Crippen MR) is 93.5 cm³/mol. The van der Waals surface area contributed by atoms with E-state index in [1.807, 2.05) is 20.8 Å². The van der Waals surface area contributed by atoms with E-state index in [2.05, 4.69) is 39.7 Å². The molecule has 0 spiro atoms. The molecule has 4 heteroatoms. The van der Waals surface area contributed by atoms with Crippen LogP contribution in [0, 0.1) is 17.3 Å². The van der Waals surface area contributed by atoms with Gasteiger partial charge in [-0.05, 0) is 62.8 Å². The van der Waals surface area contributed by atoms with Gasteiger partial charge in [-0.25, -0.2) is 4.79 Å². The Morgan fingerprint density at radius 1 is 1.00 bits per heavy atom. The van der Waals surface area contributed by atoms with Crippen LogP contribution in [0.1, 0.15) is 93.9 Å². The van der Waals surface area contributed by atoms with Crippen LogP contribution in [-0.2, 0) is 19.6 Å². The summed E-state index contributed by atoms with van der Waals surface area (Å²) in [5, 5.41) is 4.66. The molecule has 138 valence electrons. The predicted octanol–water partition coefficient (Wildman–Crippen LogP) is 5.85. The van der Waals surface area contributed by atoms with E-state index in [1.165, 1.54) is 0 Å². The molecule has 0 aliphatic rings. The summed E-state index contributed by atoms with van der Waals surface area (Å²) in [6.45, 7) is 16.7. The maximum absolute atomic E-state index is 12.2. The van der Waals surface area contributed by atoms with Crippen LogP contribution >= 0.6 is 0 Å². The van der Waals surface area contributed by atoms with Crippen molar-refractivity contribution in [3.63, 3.8) is 0 Å². The van der Waals surface area contributed by atoms with Crippen molar-refractivity contribution in [3.05, 3.63) is 0 Å². The molecule has 0 aromatic carbocycles. The molecular formula is C19H38O4. The normalized spacial score (nSPS) is 15.3. The lowest BCUT2D eigenvalue weighted by molar-refractivity contribution is -0.515. The zero-order chi connectivity index (χ0) is 18.1. The molecule has 0 fully saturated rings. The molecule has 0 aromatic heterocycles. The highest BCUT2D eigenvalue weighted by Gasteiger charge is 2.24. The van der Waals surface area contributed by atoms with E-state index >= 15 is 0 Å². The third kappa shape index (κ3) is 13.5. The maximum atomic E-state index is 12.2. The molecule has 4 nitrogen and oxygen atoms in total. The van der Waals surface area contributed by atoms with Gasteiger partial charge in [-0.1, -0.05) is 47.5 Å². The molecule has 0 saturated heterocycles.